The molecular formula is C23H25NO4. The summed E-state index contributed by atoms with van der Waals surface area (Å²) >= 11 is 0. The molecule has 1 heterocycles. The number of carbonyl (C=O) groups is 2. The Kier molecular flexibility index (Phi) is 5.54. The summed E-state index contributed by atoms with van der Waals surface area (Å²) in [6.45, 7) is 9.59. The van der Waals surface area contributed by atoms with E-state index in [1.54, 1.807) is 20.8 Å². The van der Waals surface area contributed by atoms with Crippen molar-refractivity contribution in [3.05, 3.63) is 77.9 Å². The van der Waals surface area contributed by atoms with Gasteiger partial charge in [-0.05, 0) is 44.0 Å². The third-order valence-corrected chi connectivity index (χ3v) is 4.38. The van der Waals surface area contributed by atoms with E-state index in [2.05, 4.69) is 6.58 Å². The third-order valence-electron chi connectivity index (χ3n) is 4.38. The number of likely N-dealkylation sites (tertiary alicyclic amines) is 1. The monoisotopic (exact) mass is 379 g/mol. The molecule has 0 saturated carbocycles. The molecular weight excluding hydrogens is 354 g/mol. The van der Waals surface area contributed by atoms with Gasteiger partial charge in [0.05, 0.1) is 6.04 Å². The number of ether oxygens (including phenoxy) is 2. The summed E-state index contributed by atoms with van der Waals surface area (Å²) in [5, 5.41) is 0. The van der Waals surface area contributed by atoms with Crippen LogP contribution in [0.2, 0.25) is 0 Å². The van der Waals surface area contributed by atoms with Crippen molar-refractivity contribution < 1.29 is 19.1 Å². The molecule has 2 aromatic carbocycles. The summed E-state index contributed by atoms with van der Waals surface area (Å²) in [6.07, 6.45) is -0.256. The lowest BCUT2D eigenvalue weighted by molar-refractivity contribution is -0.125. The van der Waals surface area contributed by atoms with Gasteiger partial charge < -0.3 is 9.47 Å². The lowest BCUT2D eigenvalue weighted by atomic mass is 10.0. The second-order valence-corrected chi connectivity index (χ2v) is 7.82. The normalized spacial score (nSPS) is 17.0. The highest BCUT2D eigenvalue weighted by Crippen LogP contribution is 2.37. The largest absolute Gasteiger partial charge is 0.489 e. The first-order chi connectivity index (χ1) is 13.2. The molecule has 0 N–H and O–H groups in total. The standard InChI is InChI=1S/C23H25NO4/c1-16-14-20(24(21(16)25)22(26)28-23(2,3)4)18-10-12-19(13-11-18)27-15-17-8-6-5-7-9-17/h5-13,20H,1,14-15H2,2-4H3. The van der Waals surface area contributed by atoms with Gasteiger partial charge in [-0.2, -0.15) is 0 Å². The average Bonchev–Trinajstić information content (AvgIpc) is 2.95. The van der Waals surface area contributed by atoms with Crippen LogP contribution in [0.3, 0.4) is 0 Å². The summed E-state index contributed by atoms with van der Waals surface area (Å²) in [5.41, 5.74) is 1.64. The van der Waals surface area contributed by atoms with Crippen LogP contribution in [0.25, 0.3) is 0 Å². The second kappa shape index (κ2) is 7.89. The molecule has 5 nitrogen and oxygen atoms in total. The minimum Gasteiger partial charge on any atom is -0.489 e. The highest BCUT2D eigenvalue weighted by molar-refractivity contribution is 6.04. The molecule has 0 aromatic heterocycles. The van der Waals surface area contributed by atoms with Gasteiger partial charge in [0.25, 0.3) is 5.91 Å². The Morgan fingerprint density at radius 3 is 2.36 bits per heavy atom. The molecule has 1 fully saturated rings. The van der Waals surface area contributed by atoms with Gasteiger partial charge in [-0.15, -0.1) is 0 Å². The van der Waals surface area contributed by atoms with Crippen LogP contribution in [0.15, 0.2) is 66.7 Å². The Morgan fingerprint density at radius 1 is 1.11 bits per heavy atom. The fourth-order valence-electron chi connectivity index (χ4n) is 3.04. The first kappa shape index (κ1) is 19.7. The van der Waals surface area contributed by atoms with Crippen LogP contribution in [0.5, 0.6) is 5.75 Å². The number of amides is 2. The number of imide groups is 1. The van der Waals surface area contributed by atoms with Gasteiger partial charge in [0.15, 0.2) is 0 Å². The van der Waals surface area contributed by atoms with Crippen molar-refractivity contribution in [3.8, 4) is 5.75 Å². The molecule has 28 heavy (non-hydrogen) atoms. The number of benzene rings is 2. The first-order valence-electron chi connectivity index (χ1n) is 9.25. The van der Waals surface area contributed by atoms with Crippen LogP contribution < -0.4 is 4.74 Å². The summed E-state index contributed by atoms with van der Waals surface area (Å²) in [7, 11) is 0. The van der Waals surface area contributed by atoms with Crippen LogP contribution in [0, 0.1) is 0 Å². The van der Waals surface area contributed by atoms with Crippen LogP contribution in [0.4, 0.5) is 4.79 Å². The molecule has 0 aliphatic carbocycles. The average molecular weight is 379 g/mol. The van der Waals surface area contributed by atoms with Crippen molar-refractivity contribution in [2.24, 2.45) is 0 Å². The molecule has 5 heteroatoms. The van der Waals surface area contributed by atoms with E-state index in [1.807, 2.05) is 54.6 Å². The van der Waals surface area contributed by atoms with E-state index >= 15 is 0 Å². The fraction of sp³-hybridized carbons (Fsp3) is 0.304. The summed E-state index contributed by atoms with van der Waals surface area (Å²) < 4.78 is 11.2. The molecule has 0 spiro atoms. The molecule has 1 atom stereocenters. The predicted octanol–water partition coefficient (Wildman–Crippen LogP) is 5.03. The SMILES string of the molecule is C=C1CC(c2ccc(OCc3ccccc3)cc2)N(C(=O)OC(C)(C)C)C1=O. The number of carbonyl (C=O) groups excluding carboxylic acids is 2. The maximum atomic E-state index is 12.5. The topological polar surface area (TPSA) is 55.8 Å². The minimum absolute atomic E-state index is 0.386. The van der Waals surface area contributed by atoms with Gasteiger partial charge in [0, 0.05) is 12.0 Å². The van der Waals surface area contributed by atoms with Crippen LogP contribution in [-0.2, 0) is 16.1 Å². The molecule has 1 aliphatic heterocycles. The van der Waals surface area contributed by atoms with E-state index in [-0.39, 0.29) is 5.91 Å². The lowest BCUT2D eigenvalue weighted by Crippen LogP contribution is -2.39. The predicted molar refractivity (Wildman–Crippen MR) is 107 cm³/mol. The molecule has 1 unspecified atom stereocenters. The first-order valence-corrected chi connectivity index (χ1v) is 9.25. The van der Waals surface area contributed by atoms with Crippen molar-refractivity contribution in [3.63, 3.8) is 0 Å². The highest BCUT2D eigenvalue weighted by Gasteiger charge is 2.41. The Bertz CT molecular complexity index is 866. The van der Waals surface area contributed by atoms with Crippen LogP contribution >= 0.6 is 0 Å². The van der Waals surface area contributed by atoms with E-state index in [0.29, 0.717) is 18.6 Å². The third kappa shape index (κ3) is 4.60. The van der Waals surface area contributed by atoms with E-state index in [0.717, 1.165) is 21.8 Å². The summed E-state index contributed by atoms with van der Waals surface area (Å²) in [4.78, 5) is 26.1. The van der Waals surface area contributed by atoms with Crippen molar-refractivity contribution in [2.75, 3.05) is 0 Å². The lowest BCUT2D eigenvalue weighted by Gasteiger charge is -2.27. The van der Waals surface area contributed by atoms with Gasteiger partial charge in [-0.25, -0.2) is 9.69 Å². The van der Waals surface area contributed by atoms with Gasteiger partial charge in [0.2, 0.25) is 0 Å². The zero-order valence-corrected chi connectivity index (χ0v) is 16.5. The van der Waals surface area contributed by atoms with Crippen LogP contribution in [0.1, 0.15) is 44.4 Å². The number of nitrogens with zero attached hydrogens (tertiary/aromatic N) is 1. The Balaban J connectivity index is 1.73. The number of hydrogen-bond donors (Lipinski definition) is 0. The van der Waals surface area contributed by atoms with E-state index in [9.17, 15) is 9.59 Å². The molecule has 3 rings (SSSR count). The Hall–Kier alpha value is -3.08. The minimum atomic E-state index is -0.680. The van der Waals surface area contributed by atoms with Gasteiger partial charge in [0.1, 0.15) is 18.0 Å². The van der Waals surface area contributed by atoms with Crippen LogP contribution in [-0.4, -0.2) is 22.5 Å². The van der Waals surface area contributed by atoms with E-state index in [4.69, 9.17) is 9.47 Å². The molecule has 2 aromatic rings. The van der Waals surface area contributed by atoms with E-state index < -0.39 is 17.7 Å². The maximum absolute atomic E-state index is 12.5. The van der Waals surface area contributed by atoms with Gasteiger partial charge in [-0.3, -0.25) is 4.79 Å². The number of hydrogen-bond acceptors (Lipinski definition) is 4. The Labute approximate surface area is 165 Å². The molecule has 2 amide bonds. The summed E-state index contributed by atoms with van der Waals surface area (Å²) in [5.74, 6) is 0.336. The van der Waals surface area contributed by atoms with Crippen molar-refractivity contribution in [2.45, 2.75) is 45.4 Å². The van der Waals surface area contributed by atoms with Crippen molar-refractivity contribution >= 4 is 12.0 Å². The fourth-order valence-corrected chi connectivity index (χ4v) is 3.04. The molecule has 146 valence electrons. The number of rotatable bonds is 4. The molecule has 1 aliphatic rings. The van der Waals surface area contributed by atoms with Crippen molar-refractivity contribution in [1.29, 1.82) is 0 Å². The zero-order valence-electron chi connectivity index (χ0n) is 16.5. The maximum Gasteiger partial charge on any atom is 0.417 e. The molecule has 1 saturated heterocycles. The zero-order chi connectivity index (χ0) is 20.3. The van der Waals surface area contributed by atoms with Crippen molar-refractivity contribution in [1.82, 2.24) is 4.90 Å². The Morgan fingerprint density at radius 2 is 1.75 bits per heavy atom. The smallest absolute Gasteiger partial charge is 0.417 e. The highest BCUT2D eigenvalue weighted by atomic mass is 16.6. The van der Waals surface area contributed by atoms with E-state index in [1.165, 1.54) is 0 Å². The summed E-state index contributed by atoms with van der Waals surface area (Å²) in [6, 6.07) is 16.9. The quantitative estimate of drug-likeness (QED) is 0.699. The molecule has 0 bridgehead atoms. The second-order valence-electron chi connectivity index (χ2n) is 7.82. The van der Waals surface area contributed by atoms with Gasteiger partial charge in [-0.1, -0.05) is 49.0 Å². The molecule has 0 radical (unpaired) electrons. The van der Waals surface area contributed by atoms with Gasteiger partial charge >= 0.3 is 6.09 Å².